The average Bonchev–Trinajstić information content (AvgIpc) is 2.66. The van der Waals surface area contributed by atoms with Crippen LogP contribution in [0, 0.1) is 6.92 Å². The highest BCUT2D eigenvalue weighted by Crippen LogP contribution is 2.15. The number of pyridine rings is 1. The lowest BCUT2D eigenvalue weighted by molar-refractivity contribution is 0.362. The van der Waals surface area contributed by atoms with Crippen molar-refractivity contribution in [3.05, 3.63) is 29.8 Å². The zero-order valence-electron chi connectivity index (χ0n) is 8.64. The molecule has 0 bridgehead atoms. The SMILES string of the molecule is Cc1cccc(-c2noc([C@@H](C)N)n2)n1. The topological polar surface area (TPSA) is 77.8 Å². The monoisotopic (exact) mass is 204 g/mol. The summed E-state index contributed by atoms with van der Waals surface area (Å²) < 4.78 is 4.99. The molecule has 78 valence electrons. The molecule has 0 aromatic carbocycles. The van der Waals surface area contributed by atoms with E-state index in [1.54, 1.807) is 6.92 Å². The minimum atomic E-state index is -0.254. The van der Waals surface area contributed by atoms with E-state index in [1.165, 1.54) is 0 Å². The standard InChI is InChI=1S/C10H12N4O/c1-6-4-3-5-8(12-6)9-13-10(7(2)11)15-14-9/h3-5,7H,11H2,1-2H3/t7-/m1/s1. The number of nitrogens with two attached hydrogens (primary N) is 1. The summed E-state index contributed by atoms with van der Waals surface area (Å²) in [5.74, 6) is 0.902. The second-order valence-electron chi connectivity index (χ2n) is 3.41. The molecule has 2 heterocycles. The third-order valence-corrected chi connectivity index (χ3v) is 1.95. The van der Waals surface area contributed by atoms with Crippen LogP contribution in [0.15, 0.2) is 22.7 Å². The van der Waals surface area contributed by atoms with Gasteiger partial charge in [0.25, 0.3) is 0 Å². The summed E-state index contributed by atoms with van der Waals surface area (Å²) in [6, 6.07) is 5.40. The Morgan fingerprint density at radius 3 is 2.73 bits per heavy atom. The second kappa shape index (κ2) is 3.78. The minimum Gasteiger partial charge on any atom is -0.337 e. The molecule has 0 amide bonds. The Morgan fingerprint density at radius 1 is 1.33 bits per heavy atom. The molecule has 1 atom stereocenters. The molecule has 2 N–H and O–H groups in total. The smallest absolute Gasteiger partial charge is 0.243 e. The Bertz CT molecular complexity index is 464. The van der Waals surface area contributed by atoms with Crippen molar-refractivity contribution in [1.29, 1.82) is 0 Å². The highest BCUT2D eigenvalue weighted by molar-refractivity contribution is 5.48. The van der Waals surface area contributed by atoms with Crippen LogP contribution < -0.4 is 5.73 Å². The summed E-state index contributed by atoms with van der Waals surface area (Å²) in [5.41, 5.74) is 7.23. The molecular formula is C10H12N4O. The van der Waals surface area contributed by atoms with Crippen LogP contribution in [0.25, 0.3) is 11.5 Å². The van der Waals surface area contributed by atoms with Crippen LogP contribution in [-0.4, -0.2) is 15.1 Å². The van der Waals surface area contributed by atoms with Gasteiger partial charge in [-0.2, -0.15) is 4.98 Å². The van der Waals surface area contributed by atoms with Gasteiger partial charge in [-0.25, -0.2) is 4.98 Å². The molecule has 0 saturated heterocycles. The number of hydrogen-bond acceptors (Lipinski definition) is 5. The van der Waals surface area contributed by atoms with Gasteiger partial charge >= 0.3 is 0 Å². The highest BCUT2D eigenvalue weighted by atomic mass is 16.5. The first-order valence-electron chi connectivity index (χ1n) is 4.70. The predicted molar refractivity (Wildman–Crippen MR) is 54.9 cm³/mol. The molecule has 0 unspecified atom stereocenters. The first kappa shape index (κ1) is 9.79. The molecule has 0 aliphatic rings. The molecule has 2 rings (SSSR count). The van der Waals surface area contributed by atoms with Gasteiger partial charge in [-0.05, 0) is 26.0 Å². The lowest BCUT2D eigenvalue weighted by Crippen LogP contribution is -2.04. The Hall–Kier alpha value is -1.75. The molecule has 2 aromatic rings. The largest absolute Gasteiger partial charge is 0.337 e. The molecule has 0 radical (unpaired) electrons. The van der Waals surface area contributed by atoms with Crippen molar-refractivity contribution >= 4 is 0 Å². The molecule has 0 aliphatic heterocycles. The van der Waals surface area contributed by atoms with Crippen LogP contribution in [0.2, 0.25) is 0 Å². The second-order valence-corrected chi connectivity index (χ2v) is 3.41. The van der Waals surface area contributed by atoms with E-state index in [-0.39, 0.29) is 6.04 Å². The van der Waals surface area contributed by atoms with Gasteiger partial charge in [0, 0.05) is 5.69 Å². The number of aromatic nitrogens is 3. The maximum Gasteiger partial charge on any atom is 0.243 e. The van der Waals surface area contributed by atoms with E-state index in [4.69, 9.17) is 10.3 Å². The van der Waals surface area contributed by atoms with Gasteiger partial charge in [0.05, 0.1) is 6.04 Å². The van der Waals surface area contributed by atoms with E-state index in [2.05, 4.69) is 15.1 Å². The Balaban J connectivity index is 2.37. The summed E-state index contributed by atoms with van der Waals surface area (Å²) in [4.78, 5) is 8.45. The highest BCUT2D eigenvalue weighted by Gasteiger charge is 2.12. The minimum absolute atomic E-state index is 0.254. The molecule has 5 nitrogen and oxygen atoms in total. The third kappa shape index (κ3) is 2.02. The third-order valence-electron chi connectivity index (χ3n) is 1.95. The van der Waals surface area contributed by atoms with E-state index in [0.29, 0.717) is 17.4 Å². The van der Waals surface area contributed by atoms with Crippen molar-refractivity contribution in [2.24, 2.45) is 5.73 Å². The summed E-state index contributed by atoms with van der Waals surface area (Å²) >= 11 is 0. The van der Waals surface area contributed by atoms with Gasteiger partial charge in [-0.15, -0.1) is 0 Å². The zero-order valence-corrected chi connectivity index (χ0v) is 8.64. The lowest BCUT2D eigenvalue weighted by atomic mass is 10.3. The zero-order chi connectivity index (χ0) is 10.8. The molecule has 5 heteroatoms. The van der Waals surface area contributed by atoms with E-state index >= 15 is 0 Å². The van der Waals surface area contributed by atoms with Gasteiger partial charge in [-0.3, -0.25) is 0 Å². The number of rotatable bonds is 2. The van der Waals surface area contributed by atoms with E-state index in [9.17, 15) is 0 Å². The van der Waals surface area contributed by atoms with E-state index in [0.717, 1.165) is 5.69 Å². The van der Waals surface area contributed by atoms with Crippen molar-refractivity contribution in [3.63, 3.8) is 0 Å². The summed E-state index contributed by atoms with van der Waals surface area (Å²) in [6.45, 7) is 3.71. The van der Waals surface area contributed by atoms with Crippen molar-refractivity contribution in [2.45, 2.75) is 19.9 Å². The predicted octanol–water partition coefficient (Wildman–Crippen LogP) is 1.46. The van der Waals surface area contributed by atoms with Crippen molar-refractivity contribution in [1.82, 2.24) is 15.1 Å². The van der Waals surface area contributed by atoms with Crippen LogP contribution in [0.3, 0.4) is 0 Å². The molecule has 0 fully saturated rings. The van der Waals surface area contributed by atoms with Gasteiger partial charge in [0.15, 0.2) is 0 Å². The van der Waals surface area contributed by atoms with Gasteiger partial charge < -0.3 is 10.3 Å². The molecular weight excluding hydrogens is 192 g/mol. The van der Waals surface area contributed by atoms with E-state index in [1.807, 2.05) is 25.1 Å². The fourth-order valence-electron chi connectivity index (χ4n) is 1.19. The Morgan fingerprint density at radius 2 is 2.13 bits per heavy atom. The molecule has 0 spiro atoms. The van der Waals surface area contributed by atoms with Crippen LogP contribution in [0.1, 0.15) is 24.6 Å². The fraction of sp³-hybridized carbons (Fsp3) is 0.300. The lowest BCUT2D eigenvalue weighted by Gasteiger charge is -1.95. The van der Waals surface area contributed by atoms with Gasteiger partial charge in [-0.1, -0.05) is 11.2 Å². The van der Waals surface area contributed by atoms with Crippen molar-refractivity contribution in [3.8, 4) is 11.5 Å². The first-order valence-corrected chi connectivity index (χ1v) is 4.70. The molecule has 0 aliphatic carbocycles. The van der Waals surface area contributed by atoms with Crippen LogP contribution in [0.5, 0.6) is 0 Å². The fourth-order valence-corrected chi connectivity index (χ4v) is 1.19. The van der Waals surface area contributed by atoms with Gasteiger partial charge in [0.2, 0.25) is 11.7 Å². The maximum atomic E-state index is 5.62. The van der Waals surface area contributed by atoms with Gasteiger partial charge in [0.1, 0.15) is 5.69 Å². The molecule has 2 aromatic heterocycles. The summed E-state index contributed by atoms with van der Waals surface area (Å²) in [6.07, 6.45) is 0. The number of hydrogen-bond donors (Lipinski definition) is 1. The van der Waals surface area contributed by atoms with Crippen molar-refractivity contribution in [2.75, 3.05) is 0 Å². The number of aryl methyl sites for hydroxylation is 1. The van der Waals surface area contributed by atoms with Crippen LogP contribution >= 0.6 is 0 Å². The Kier molecular flexibility index (Phi) is 2.47. The normalized spacial score (nSPS) is 12.7. The average molecular weight is 204 g/mol. The maximum absolute atomic E-state index is 5.62. The quantitative estimate of drug-likeness (QED) is 0.801. The number of nitrogens with zero attached hydrogens (tertiary/aromatic N) is 3. The Labute approximate surface area is 87.3 Å². The molecule has 15 heavy (non-hydrogen) atoms. The first-order chi connectivity index (χ1) is 7.16. The van der Waals surface area contributed by atoms with Crippen LogP contribution in [-0.2, 0) is 0 Å². The molecule has 0 saturated carbocycles. The van der Waals surface area contributed by atoms with Crippen molar-refractivity contribution < 1.29 is 4.52 Å². The van der Waals surface area contributed by atoms with E-state index < -0.39 is 0 Å². The summed E-state index contributed by atoms with van der Waals surface area (Å²) in [5, 5.41) is 3.82. The van der Waals surface area contributed by atoms with Crippen LogP contribution in [0.4, 0.5) is 0 Å². The summed E-state index contributed by atoms with van der Waals surface area (Å²) in [7, 11) is 0.